The SMILES string of the molecule is CCC1(C(=O)N2CCN(CC3CC3)CC2)CCCNC1. The number of amides is 1. The number of hydrogen-bond donors (Lipinski definition) is 1. The topological polar surface area (TPSA) is 35.6 Å². The first-order chi connectivity index (χ1) is 9.73. The lowest BCUT2D eigenvalue weighted by molar-refractivity contribution is -0.145. The number of hydrogen-bond acceptors (Lipinski definition) is 3. The summed E-state index contributed by atoms with van der Waals surface area (Å²) < 4.78 is 0. The van der Waals surface area contributed by atoms with Crippen LogP contribution < -0.4 is 5.32 Å². The Morgan fingerprint density at radius 2 is 2.00 bits per heavy atom. The average Bonchev–Trinajstić information content (AvgIpc) is 3.32. The normalized spacial score (nSPS) is 32.4. The van der Waals surface area contributed by atoms with Gasteiger partial charge < -0.3 is 10.2 Å². The Kier molecular flexibility index (Phi) is 4.32. The van der Waals surface area contributed by atoms with Gasteiger partial charge in [-0.25, -0.2) is 0 Å². The predicted octanol–water partition coefficient (Wildman–Crippen LogP) is 1.32. The molecule has 0 radical (unpaired) electrons. The van der Waals surface area contributed by atoms with Crippen molar-refractivity contribution in [3.63, 3.8) is 0 Å². The lowest BCUT2D eigenvalue weighted by Crippen LogP contribution is -2.56. The van der Waals surface area contributed by atoms with Gasteiger partial charge in [-0.2, -0.15) is 0 Å². The third-order valence-corrected chi connectivity index (χ3v) is 5.48. The van der Waals surface area contributed by atoms with Crippen molar-refractivity contribution in [2.24, 2.45) is 11.3 Å². The van der Waals surface area contributed by atoms with Gasteiger partial charge in [0.15, 0.2) is 0 Å². The van der Waals surface area contributed by atoms with E-state index >= 15 is 0 Å². The van der Waals surface area contributed by atoms with Gasteiger partial charge in [0.1, 0.15) is 0 Å². The molecular formula is C16H29N3O. The Morgan fingerprint density at radius 1 is 1.25 bits per heavy atom. The molecule has 114 valence electrons. The first-order valence-electron chi connectivity index (χ1n) is 8.46. The number of carbonyl (C=O) groups excluding carboxylic acids is 1. The molecule has 1 N–H and O–H groups in total. The predicted molar refractivity (Wildman–Crippen MR) is 80.6 cm³/mol. The van der Waals surface area contributed by atoms with Crippen LogP contribution in [0.25, 0.3) is 0 Å². The Balaban J connectivity index is 1.54. The molecule has 0 bridgehead atoms. The first-order valence-corrected chi connectivity index (χ1v) is 8.46. The monoisotopic (exact) mass is 279 g/mol. The molecule has 20 heavy (non-hydrogen) atoms. The number of nitrogens with one attached hydrogen (secondary N) is 1. The second-order valence-corrected chi connectivity index (χ2v) is 6.95. The van der Waals surface area contributed by atoms with Crippen LogP contribution in [-0.4, -0.2) is 61.5 Å². The van der Waals surface area contributed by atoms with Crippen molar-refractivity contribution in [3.05, 3.63) is 0 Å². The molecule has 2 heterocycles. The molecule has 0 aromatic carbocycles. The van der Waals surface area contributed by atoms with E-state index in [9.17, 15) is 4.79 Å². The highest BCUT2D eigenvalue weighted by Gasteiger charge is 2.41. The van der Waals surface area contributed by atoms with Crippen molar-refractivity contribution in [1.82, 2.24) is 15.1 Å². The second-order valence-electron chi connectivity index (χ2n) is 6.95. The number of nitrogens with zero attached hydrogens (tertiary/aromatic N) is 2. The highest BCUT2D eigenvalue weighted by molar-refractivity contribution is 5.83. The zero-order chi connectivity index (χ0) is 14.0. The Hall–Kier alpha value is -0.610. The van der Waals surface area contributed by atoms with Gasteiger partial charge in [-0.1, -0.05) is 6.92 Å². The van der Waals surface area contributed by atoms with Crippen LogP contribution in [-0.2, 0) is 4.79 Å². The summed E-state index contributed by atoms with van der Waals surface area (Å²) in [5.41, 5.74) is -0.114. The summed E-state index contributed by atoms with van der Waals surface area (Å²) in [7, 11) is 0. The molecule has 1 atom stereocenters. The highest BCUT2D eigenvalue weighted by atomic mass is 16.2. The number of carbonyl (C=O) groups is 1. The molecule has 1 aliphatic carbocycles. The van der Waals surface area contributed by atoms with Crippen LogP contribution in [0.3, 0.4) is 0 Å². The van der Waals surface area contributed by atoms with Crippen LogP contribution in [0, 0.1) is 11.3 Å². The lowest BCUT2D eigenvalue weighted by Gasteiger charge is -2.42. The molecule has 0 aromatic heterocycles. The highest BCUT2D eigenvalue weighted by Crippen LogP contribution is 2.33. The van der Waals surface area contributed by atoms with Gasteiger partial charge in [-0.15, -0.1) is 0 Å². The molecule has 1 amide bonds. The van der Waals surface area contributed by atoms with Crippen molar-refractivity contribution in [1.29, 1.82) is 0 Å². The standard InChI is InChI=1S/C16H29N3O/c1-2-16(6-3-7-17-13-16)15(20)19-10-8-18(9-11-19)12-14-4-5-14/h14,17H,2-13H2,1H3. The van der Waals surface area contributed by atoms with Gasteiger partial charge >= 0.3 is 0 Å². The van der Waals surface area contributed by atoms with Crippen molar-refractivity contribution >= 4 is 5.91 Å². The van der Waals surface area contributed by atoms with E-state index in [2.05, 4.69) is 22.0 Å². The van der Waals surface area contributed by atoms with Crippen molar-refractivity contribution in [3.8, 4) is 0 Å². The molecule has 2 saturated heterocycles. The molecule has 1 unspecified atom stereocenters. The van der Waals surface area contributed by atoms with Crippen LogP contribution >= 0.6 is 0 Å². The first kappa shape index (κ1) is 14.3. The third-order valence-electron chi connectivity index (χ3n) is 5.48. The maximum Gasteiger partial charge on any atom is 0.230 e. The molecule has 0 spiro atoms. The Bertz CT molecular complexity index is 340. The van der Waals surface area contributed by atoms with Crippen LogP contribution in [0.15, 0.2) is 0 Å². The van der Waals surface area contributed by atoms with E-state index in [1.54, 1.807) is 0 Å². The van der Waals surface area contributed by atoms with Crippen molar-refractivity contribution in [2.45, 2.75) is 39.0 Å². The number of piperidine rings is 1. The summed E-state index contributed by atoms with van der Waals surface area (Å²) >= 11 is 0. The van der Waals surface area contributed by atoms with E-state index in [-0.39, 0.29) is 5.41 Å². The van der Waals surface area contributed by atoms with Crippen molar-refractivity contribution in [2.75, 3.05) is 45.8 Å². The van der Waals surface area contributed by atoms with E-state index < -0.39 is 0 Å². The van der Waals surface area contributed by atoms with E-state index in [0.717, 1.165) is 64.4 Å². The van der Waals surface area contributed by atoms with Crippen LogP contribution in [0.4, 0.5) is 0 Å². The van der Waals surface area contributed by atoms with Gasteiger partial charge in [0, 0.05) is 39.3 Å². The Labute approximate surface area is 122 Å². The van der Waals surface area contributed by atoms with Gasteiger partial charge in [-0.3, -0.25) is 9.69 Å². The van der Waals surface area contributed by atoms with E-state index in [4.69, 9.17) is 0 Å². The summed E-state index contributed by atoms with van der Waals surface area (Å²) in [4.78, 5) is 17.6. The molecule has 4 heteroatoms. The molecule has 4 nitrogen and oxygen atoms in total. The number of piperazine rings is 1. The fourth-order valence-electron chi connectivity index (χ4n) is 3.74. The van der Waals surface area contributed by atoms with E-state index in [1.165, 1.54) is 19.4 Å². The average molecular weight is 279 g/mol. The molecule has 0 aromatic rings. The second kappa shape index (κ2) is 6.02. The van der Waals surface area contributed by atoms with Crippen LogP contribution in [0.5, 0.6) is 0 Å². The summed E-state index contributed by atoms with van der Waals surface area (Å²) in [6.45, 7) is 9.43. The fourth-order valence-corrected chi connectivity index (χ4v) is 3.74. The maximum atomic E-state index is 12.9. The fraction of sp³-hybridized carbons (Fsp3) is 0.938. The van der Waals surface area contributed by atoms with Crippen LogP contribution in [0.1, 0.15) is 39.0 Å². The summed E-state index contributed by atoms with van der Waals surface area (Å²) in [6.07, 6.45) is 6.02. The molecule has 2 aliphatic heterocycles. The summed E-state index contributed by atoms with van der Waals surface area (Å²) in [6, 6.07) is 0. The molecule has 3 fully saturated rings. The maximum absolute atomic E-state index is 12.9. The van der Waals surface area contributed by atoms with Crippen molar-refractivity contribution < 1.29 is 4.79 Å². The van der Waals surface area contributed by atoms with Gasteiger partial charge in [0.05, 0.1) is 5.41 Å². The van der Waals surface area contributed by atoms with E-state index in [0.29, 0.717) is 5.91 Å². The molecule has 1 saturated carbocycles. The van der Waals surface area contributed by atoms with Gasteiger partial charge in [-0.05, 0) is 44.6 Å². The molecular weight excluding hydrogens is 250 g/mol. The molecule has 3 rings (SSSR count). The smallest absolute Gasteiger partial charge is 0.230 e. The van der Waals surface area contributed by atoms with Crippen LogP contribution in [0.2, 0.25) is 0 Å². The third kappa shape index (κ3) is 3.01. The van der Waals surface area contributed by atoms with Gasteiger partial charge in [0.2, 0.25) is 5.91 Å². The summed E-state index contributed by atoms with van der Waals surface area (Å²) in [5.74, 6) is 1.38. The minimum Gasteiger partial charge on any atom is -0.340 e. The zero-order valence-electron chi connectivity index (χ0n) is 12.9. The largest absolute Gasteiger partial charge is 0.340 e. The summed E-state index contributed by atoms with van der Waals surface area (Å²) in [5, 5.41) is 3.43. The Morgan fingerprint density at radius 3 is 2.55 bits per heavy atom. The number of rotatable bonds is 4. The van der Waals surface area contributed by atoms with E-state index in [1.807, 2.05) is 0 Å². The minimum absolute atomic E-state index is 0.114. The van der Waals surface area contributed by atoms with Gasteiger partial charge in [0.25, 0.3) is 0 Å². The molecule has 3 aliphatic rings. The lowest BCUT2D eigenvalue weighted by atomic mass is 9.77. The zero-order valence-corrected chi connectivity index (χ0v) is 12.9. The minimum atomic E-state index is -0.114. The quantitative estimate of drug-likeness (QED) is 0.843.